The molecule has 7 nitrogen and oxygen atoms in total. The summed E-state index contributed by atoms with van der Waals surface area (Å²) in [5.41, 5.74) is 2.86. The lowest BCUT2D eigenvalue weighted by Crippen LogP contribution is -2.23. The lowest BCUT2D eigenvalue weighted by atomic mass is 10.1. The van der Waals surface area contributed by atoms with E-state index >= 15 is 0 Å². The fraction of sp³-hybridized carbons (Fsp3) is 0.300. The van der Waals surface area contributed by atoms with E-state index in [0.717, 1.165) is 21.3 Å². The molecule has 154 valence electrons. The van der Waals surface area contributed by atoms with Gasteiger partial charge in [0.25, 0.3) is 10.0 Å². The summed E-state index contributed by atoms with van der Waals surface area (Å²) in [6, 6.07) is 9.90. The molecule has 0 unspecified atom stereocenters. The number of carbonyl (C=O) groups excluding carboxylic acids is 1. The third kappa shape index (κ3) is 4.51. The van der Waals surface area contributed by atoms with E-state index < -0.39 is 16.0 Å². The van der Waals surface area contributed by atoms with Crippen LogP contribution >= 0.6 is 11.3 Å². The molecule has 0 saturated heterocycles. The third-order valence-corrected chi connectivity index (χ3v) is 6.88. The van der Waals surface area contributed by atoms with E-state index in [1.165, 1.54) is 30.6 Å². The van der Waals surface area contributed by atoms with Gasteiger partial charge in [0.2, 0.25) is 4.80 Å². The first-order valence-corrected chi connectivity index (χ1v) is 11.2. The highest BCUT2D eigenvalue weighted by Gasteiger charge is 2.17. The Morgan fingerprint density at radius 1 is 1.14 bits per heavy atom. The van der Waals surface area contributed by atoms with Crippen molar-refractivity contribution in [2.24, 2.45) is 4.40 Å². The van der Waals surface area contributed by atoms with E-state index in [0.29, 0.717) is 5.75 Å². The van der Waals surface area contributed by atoms with Gasteiger partial charge in [-0.15, -0.1) is 4.40 Å². The van der Waals surface area contributed by atoms with Crippen LogP contribution in [0.3, 0.4) is 0 Å². The number of ether oxygens (including phenoxy) is 2. The van der Waals surface area contributed by atoms with E-state index in [9.17, 15) is 13.2 Å². The fourth-order valence-corrected chi connectivity index (χ4v) is 5.10. The number of rotatable bonds is 6. The summed E-state index contributed by atoms with van der Waals surface area (Å²) in [6.45, 7) is 5.80. The number of nitrogens with zero attached hydrogens (tertiary/aromatic N) is 2. The molecule has 0 bridgehead atoms. The second-order valence-electron chi connectivity index (χ2n) is 6.42. The molecule has 0 fully saturated rings. The number of methoxy groups -OCH3 is 1. The van der Waals surface area contributed by atoms with Crippen molar-refractivity contribution in [3.05, 3.63) is 52.3 Å². The zero-order valence-corrected chi connectivity index (χ0v) is 18.3. The second-order valence-corrected chi connectivity index (χ2v) is 9.04. The van der Waals surface area contributed by atoms with Crippen LogP contribution in [0.2, 0.25) is 0 Å². The summed E-state index contributed by atoms with van der Waals surface area (Å²) >= 11 is 1.22. The highest BCUT2D eigenvalue weighted by Crippen LogP contribution is 2.23. The predicted octanol–water partition coefficient (Wildman–Crippen LogP) is 3.18. The lowest BCUT2D eigenvalue weighted by Gasteiger charge is -2.07. The van der Waals surface area contributed by atoms with E-state index in [1.807, 2.05) is 26.0 Å². The lowest BCUT2D eigenvalue weighted by molar-refractivity contribution is -0.143. The van der Waals surface area contributed by atoms with E-state index in [-0.39, 0.29) is 22.8 Å². The molecular weight excluding hydrogens is 412 g/mol. The number of benzene rings is 2. The minimum absolute atomic E-state index is 0.0470. The van der Waals surface area contributed by atoms with Crippen LogP contribution in [0, 0.1) is 13.8 Å². The average Bonchev–Trinajstić information content (AvgIpc) is 2.98. The molecule has 0 aliphatic rings. The Morgan fingerprint density at radius 2 is 1.79 bits per heavy atom. The molecule has 1 aromatic heterocycles. The summed E-state index contributed by atoms with van der Waals surface area (Å²) in [7, 11) is -2.46. The maximum absolute atomic E-state index is 12.8. The van der Waals surface area contributed by atoms with Gasteiger partial charge in [-0.3, -0.25) is 4.79 Å². The van der Waals surface area contributed by atoms with Gasteiger partial charge in [-0.05, 0) is 68.3 Å². The standard InChI is InChI=1S/C20H22N2O5S2/c1-5-27-19(23)12-22-17-10-13(2)14(3)11-18(17)28-20(22)21-29(24,25)16-8-6-15(26-4)7-9-16/h6-11H,5,12H2,1-4H3/b21-20-. The van der Waals surface area contributed by atoms with Gasteiger partial charge in [-0.1, -0.05) is 11.3 Å². The average molecular weight is 435 g/mol. The van der Waals surface area contributed by atoms with Crippen molar-refractivity contribution in [3.8, 4) is 5.75 Å². The first-order chi connectivity index (χ1) is 13.7. The molecule has 2 aromatic carbocycles. The molecule has 3 rings (SSSR count). The van der Waals surface area contributed by atoms with E-state index in [4.69, 9.17) is 9.47 Å². The van der Waals surface area contributed by atoms with Crippen LogP contribution in [0.4, 0.5) is 0 Å². The summed E-state index contributed by atoms with van der Waals surface area (Å²) in [4.78, 5) is 12.4. The van der Waals surface area contributed by atoms with Gasteiger partial charge in [0.1, 0.15) is 12.3 Å². The molecule has 29 heavy (non-hydrogen) atoms. The molecule has 0 radical (unpaired) electrons. The van der Waals surface area contributed by atoms with Crippen LogP contribution in [0.25, 0.3) is 10.2 Å². The highest BCUT2D eigenvalue weighted by atomic mass is 32.2. The largest absolute Gasteiger partial charge is 0.497 e. The number of hydrogen-bond donors (Lipinski definition) is 0. The van der Waals surface area contributed by atoms with Crippen molar-refractivity contribution in [2.75, 3.05) is 13.7 Å². The van der Waals surface area contributed by atoms with Crippen molar-refractivity contribution in [1.29, 1.82) is 0 Å². The Labute approximate surface area is 173 Å². The number of thiazole rings is 1. The normalized spacial score (nSPS) is 12.3. The van der Waals surface area contributed by atoms with Crippen LogP contribution < -0.4 is 9.54 Å². The Morgan fingerprint density at radius 3 is 2.41 bits per heavy atom. The van der Waals surface area contributed by atoms with E-state index in [2.05, 4.69) is 4.40 Å². The van der Waals surface area contributed by atoms with Gasteiger partial charge in [0.05, 0.1) is 28.8 Å². The number of hydrogen-bond acceptors (Lipinski definition) is 6. The van der Waals surface area contributed by atoms with Crippen molar-refractivity contribution in [3.63, 3.8) is 0 Å². The van der Waals surface area contributed by atoms with Gasteiger partial charge >= 0.3 is 5.97 Å². The summed E-state index contributed by atoms with van der Waals surface area (Å²) in [5, 5.41) is 0. The second kappa shape index (κ2) is 8.38. The number of fused-ring (bicyclic) bond motifs is 1. The predicted molar refractivity (Wildman–Crippen MR) is 112 cm³/mol. The Kier molecular flexibility index (Phi) is 6.09. The molecule has 3 aromatic rings. The molecule has 9 heteroatoms. The summed E-state index contributed by atoms with van der Waals surface area (Å²) < 4.78 is 42.3. The molecular formula is C20H22N2O5S2. The molecule has 0 atom stereocenters. The number of esters is 1. The zero-order chi connectivity index (χ0) is 21.2. The number of aromatic nitrogens is 1. The first kappa shape index (κ1) is 21.1. The molecule has 0 saturated carbocycles. The maximum Gasteiger partial charge on any atom is 0.326 e. The maximum atomic E-state index is 12.8. The molecule has 0 aliphatic carbocycles. The quantitative estimate of drug-likeness (QED) is 0.556. The fourth-order valence-electron chi connectivity index (χ4n) is 2.78. The minimum atomic E-state index is -3.97. The number of aryl methyl sites for hydroxylation is 2. The third-order valence-electron chi connectivity index (χ3n) is 4.45. The van der Waals surface area contributed by atoms with Gasteiger partial charge in [0.15, 0.2) is 0 Å². The Bertz CT molecular complexity index is 1220. The summed E-state index contributed by atoms with van der Waals surface area (Å²) in [5.74, 6) is 0.0999. The van der Waals surface area contributed by atoms with Crippen LogP contribution in [-0.2, 0) is 26.1 Å². The van der Waals surface area contributed by atoms with Crippen molar-refractivity contribution >= 4 is 37.5 Å². The molecule has 0 amide bonds. The van der Waals surface area contributed by atoms with E-state index in [1.54, 1.807) is 23.6 Å². The molecule has 0 aliphatic heterocycles. The topological polar surface area (TPSA) is 87.0 Å². The minimum Gasteiger partial charge on any atom is -0.497 e. The van der Waals surface area contributed by atoms with Gasteiger partial charge in [-0.2, -0.15) is 8.42 Å². The van der Waals surface area contributed by atoms with Crippen LogP contribution in [0.1, 0.15) is 18.1 Å². The zero-order valence-electron chi connectivity index (χ0n) is 16.6. The van der Waals surface area contributed by atoms with Gasteiger partial charge < -0.3 is 14.0 Å². The van der Waals surface area contributed by atoms with Gasteiger partial charge in [-0.25, -0.2) is 0 Å². The number of carbonyl (C=O) groups is 1. The Balaban J connectivity index is 2.19. The van der Waals surface area contributed by atoms with Crippen molar-refractivity contribution < 1.29 is 22.7 Å². The van der Waals surface area contributed by atoms with Gasteiger partial charge in [0, 0.05) is 0 Å². The number of sulfonamides is 1. The smallest absolute Gasteiger partial charge is 0.326 e. The molecule has 0 spiro atoms. The Hall–Kier alpha value is -2.65. The SMILES string of the molecule is CCOC(=O)Cn1/c(=N/S(=O)(=O)c2ccc(OC)cc2)sc2cc(C)c(C)cc21. The van der Waals surface area contributed by atoms with Crippen molar-refractivity contribution in [2.45, 2.75) is 32.2 Å². The van der Waals surface area contributed by atoms with Crippen LogP contribution in [-0.4, -0.2) is 32.7 Å². The monoisotopic (exact) mass is 434 g/mol. The van der Waals surface area contributed by atoms with Crippen LogP contribution in [0.15, 0.2) is 45.7 Å². The van der Waals surface area contributed by atoms with Crippen LogP contribution in [0.5, 0.6) is 5.75 Å². The van der Waals surface area contributed by atoms with Crippen molar-refractivity contribution in [1.82, 2.24) is 4.57 Å². The summed E-state index contributed by atoms with van der Waals surface area (Å²) in [6.07, 6.45) is 0. The highest BCUT2D eigenvalue weighted by molar-refractivity contribution is 7.90. The first-order valence-electron chi connectivity index (χ1n) is 8.96. The molecule has 0 N–H and O–H groups in total. The molecule has 1 heterocycles.